The van der Waals surface area contributed by atoms with Gasteiger partial charge in [-0.05, 0) is 29.2 Å². The molecule has 0 atom stereocenters. The number of thiazole rings is 1. The third-order valence-electron chi connectivity index (χ3n) is 4.08. The second-order valence-corrected chi connectivity index (χ2v) is 8.02. The highest BCUT2D eigenvalue weighted by Crippen LogP contribution is 2.31. The van der Waals surface area contributed by atoms with Crippen LogP contribution in [0.2, 0.25) is 10.0 Å². The Hall–Kier alpha value is -1.62. The van der Waals surface area contributed by atoms with E-state index in [2.05, 4.69) is 31.0 Å². The van der Waals surface area contributed by atoms with E-state index in [1.807, 2.05) is 29.8 Å². The molecule has 1 heterocycles. The van der Waals surface area contributed by atoms with Gasteiger partial charge in [-0.2, -0.15) is 4.99 Å². The van der Waals surface area contributed by atoms with Crippen LogP contribution in [0.1, 0.15) is 30.9 Å². The lowest BCUT2D eigenvalue weighted by atomic mass is 10.0. The van der Waals surface area contributed by atoms with Gasteiger partial charge in [-0.25, -0.2) is 0 Å². The summed E-state index contributed by atoms with van der Waals surface area (Å²) in [7, 11) is 1.84. The van der Waals surface area contributed by atoms with E-state index in [9.17, 15) is 4.79 Å². The van der Waals surface area contributed by atoms with Crippen molar-refractivity contribution >= 4 is 50.7 Å². The number of carbonyl (C=O) groups excluding carboxylic acids is 1. The Kier molecular flexibility index (Phi) is 5.32. The molecular weight excluding hydrogens is 375 g/mol. The van der Waals surface area contributed by atoms with Crippen molar-refractivity contribution in [1.82, 2.24) is 4.57 Å². The lowest BCUT2D eigenvalue weighted by molar-refractivity contribution is -0.117. The maximum atomic E-state index is 12.3. The topological polar surface area (TPSA) is 34.4 Å². The van der Waals surface area contributed by atoms with Crippen LogP contribution in [0.25, 0.3) is 10.2 Å². The third kappa shape index (κ3) is 3.81. The lowest BCUT2D eigenvalue weighted by Crippen LogP contribution is -2.14. The Labute approximate surface area is 160 Å². The summed E-state index contributed by atoms with van der Waals surface area (Å²) < 4.78 is 2.76. The number of fused-ring (bicyclic) bond motifs is 1. The Morgan fingerprint density at radius 2 is 1.84 bits per heavy atom. The first kappa shape index (κ1) is 18.2. The number of amides is 1. The summed E-state index contributed by atoms with van der Waals surface area (Å²) >= 11 is 13.8. The minimum absolute atomic E-state index is 0.179. The Balaban J connectivity index is 1.90. The molecule has 0 aliphatic heterocycles. The van der Waals surface area contributed by atoms with E-state index in [-0.39, 0.29) is 12.3 Å². The molecule has 2 aromatic carbocycles. The number of hydrogen-bond donors (Lipinski definition) is 0. The maximum absolute atomic E-state index is 12.3. The molecule has 6 heteroatoms. The van der Waals surface area contributed by atoms with Crippen LogP contribution in [-0.4, -0.2) is 10.5 Å². The highest BCUT2D eigenvalue weighted by Gasteiger charge is 2.11. The van der Waals surface area contributed by atoms with Crippen LogP contribution in [0.15, 0.2) is 41.4 Å². The fourth-order valence-corrected chi connectivity index (χ4v) is 4.16. The van der Waals surface area contributed by atoms with E-state index < -0.39 is 0 Å². The molecule has 3 rings (SSSR count). The van der Waals surface area contributed by atoms with Crippen molar-refractivity contribution in [3.05, 3.63) is 62.4 Å². The van der Waals surface area contributed by atoms with Crippen LogP contribution in [0.3, 0.4) is 0 Å². The summed E-state index contributed by atoms with van der Waals surface area (Å²) in [6, 6.07) is 11.8. The first-order valence-electron chi connectivity index (χ1n) is 7.96. The molecule has 1 amide bonds. The summed E-state index contributed by atoms with van der Waals surface area (Å²) in [5.41, 5.74) is 3.02. The molecule has 0 aliphatic carbocycles. The molecule has 0 saturated carbocycles. The van der Waals surface area contributed by atoms with Crippen LogP contribution in [0, 0.1) is 0 Å². The number of halogens is 2. The molecular formula is C19H18Cl2N2OS. The van der Waals surface area contributed by atoms with Crippen LogP contribution >= 0.6 is 34.5 Å². The van der Waals surface area contributed by atoms with Crippen molar-refractivity contribution in [3.8, 4) is 0 Å². The molecule has 3 aromatic rings. The lowest BCUT2D eigenvalue weighted by Gasteiger charge is -2.05. The second-order valence-electron chi connectivity index (χ2n) is 6.23. The predicted molar refractivity (Wildman–Crippen MR) is 106 cm³/mol. The van der Waals surface area contributed by atoms with Crippen molar-refractivity contribution in [3.63, 3.8) is 0 Å². The average molecular weight is 393 g/mol. The molecule has 0 radical (unpaired) electrons. The quantitative estimate of drug-likeness (QED) is 0.592. The van der Waals surface area contributed by atoms with Crippen LogP contribution in [0.4, 0.5) is 0 Å². The number of carbonyl (C=O) groups is 1. The molecule has 0 N–H and O–H groups in total. The van der Waals surface area contributed by atoms with Crippen molar-refractivity contribution < 1.29 is 4.79 Å². The fraction of sp³-hybridized carbons (Fsp3) is 0.263. The number of aromatic nitrogens is 1. The zero-order valence-corrected chi connectivity index (χ0v) is 16.5. The van der Waals surface area contributed by atoms with E-state index >= 15 is 0 Å². The molecule has 0 spiro atoms. The van der Waals surface area contributed by atoms with Gasteiger partial charge in [0.25, 0.3) is 5.91 Å². The highest BCUT2D eigenvalue weighted by atomic mass is 35.5. The monoisotopic (exact) mass is 392 g/mol. The zero-order chi connectivity index (χ0) is 18.1. The van der Waals surface area contributed by atoms with Crippen LogP contribution in [-0.2, 0) is 18.3 Å². The molecule has 0 bridgehead atoms. The summed E-state index contributed by atoms with van der Waals surface area (Å²) in [6.45, 7) is 4.29. The first-order chi connectivity index (χ1) is 11.9. The van der Waals surface area contributed by atoms with Gasteiger partial charge in [0.1, 0.15) is 0 Å². The van der Waals surface area contributed by atoms with E-state index in [0.717, 1.165) is 15.8 Å². The largest absolute Gasteiger partial charge is 0.318 e. The highest BCUT2D eigenvalue weighted by molar-refractivity contribution is 7.16. The van der Waals surface area contributed by atoms with E-state index in [1.165, 1.54) is 16.9 Å². The smallest absolute Gasteiger partial charge is 0.252 e. The predicted octanol–water partition coefficient (Wildman–Crippen LogP) is 5.34. The van der Waals surface area contributed by atoms with Crippen molar-refractivity contribution in [1.29, 1.82) is 0 Å². The Bertz CT molecular complexity index is 1000. The number of aryl methyl sites for hydroxylation is 1. The fourth-order valence-electron chi connectivity index (χ4n) is 2.62. The molecule has 0 saturated heterocycles. The van der Waals surface area contributed by atoms with E-state index in [0.29, 0.717) is 20.8 Å². The molecule has 0 unspecified atom stereocenters. The van der Waals surface area contributed by atoms with Gasteiger partial charge < -0.3 is 4.57 Å². The molecule has 1 aromatic heterocycles. The maximum Gasteiger partial charge on any atom is 0.252 e. The van der Waals surface area contributed by atoms with Gasteiger partial charge in [0.2, 0.25) is 0 Å². The summed E-state index contributed by atoms with van der Waals surface area (Å²) in [5, 5.41) is 0.974. The molecule has 0 fully saturated rings. The molecule has 0 aliphatic rings. The number of benzene rings is 2. The molecule has 25 heavy (non-hydrogen) atoms. The van der Waals surface area contributed by atoms with Gasteiger partial charge in [0, 0.05) is 7.05 Å². The number of nitrogens with zero attached hydrogens (tertiary/aromatic N) is 2. The first-order valence-corrected chi connectivity index (χ1v) is 9.54. The number of hydrogen-bond acceptors (Lipinski definition) is 2. The van der Waals surface area contributed by atoms with Crippen LogP contribution < -0.4 is 4.80 Å². The third-order valence-corrected chi connectivity index (χ3v) is 5.97. The normalized spacial score (nSPS) is 12.3. The van der Waals surface area contributed by atoms with Gasteiger partial charge >= 0.3 is 0 Å². The van der Waals surface area contributed by atoms with Crippen LogP contribution in [0.5, 0.6) is 0 Å². The van der Waals surface area contributed by atoms with E-state index in [4.69, 9.17) is 23.2 Å². The van der Waals surface area contributed by atoms with Crippen molar-refractivity contribution in [2.45, 2.75) is 26.2 Å². The van der Waals surface area contributed by atoms with Crippen molar-refractivity contribution in [2.24, 2.45) is 12.0 Å². The zero-order valence-electron chi connectivity index (χ0n) is 14.2. The van der Waals surface area contributed by atoms with Gasteiger partial charge in [-0.3, -0.25) is 4.79 Å². The average Bonchev–Trinajstić information content (AvgIpc) is 2.88. The summed E-state index contributed by atoms with van der Waals surface area (Å²) in [5.74, 6) is 0.297. The molecule has 3 nitrogen and oxygen atoms in total. The summed E-state index contributed by atoms with van der Waals surface area (Å²) in [4.78, 5) is 17.2. The minimum atomic E-state index is -0.179. The van der Waals surface area contributed by atoms with Gasteiger partial charge in [0.15, 0.2) is 4.80 Å². The Morgan fingerprint density at radius 3 is 2.48 bits per heavy atom. The number of rotatable bonds is 3. The standard InChI is InChI=1S/C19H18Cl2N2OS/c1-11(2)13-6-4-12(5-7-13)10-16(24)22-19-23(3)18-15(25-19)9-8-14(20)17(18)21/h4-9,11H,10H2,1-3H3. The second kappa shape index (κ2) is 7.32. The van der Waals surface area contributed by atoms with Gasteiger partial charge in [-0.1, -0.05) is 72.7 Å². The molecule has 130 valence electrons. The van der Waals surface area contributed by atoms with Crippen molar-refractivity contribution in [2.75, 3.05) is 0 Å². The minimum Gasteiger partial charge on any atom is -0.318 e. The van der Waals surface area contributed by atoms with Gasteiger partial charge in [-0.15, -0.1) is 0 Å². The summed E-state index contributed by atoms with van der Waals surface area (Å²) in [6.07, 6.45) is 0.279. The Morgan fingerprint density at radius 1 is 1.16 bits per heavy atom. The SMILES string of the molecule is CC(C)c1ccc(CC(=O)N=c2sc3ccc(Cl)c(Cl)c3n2C)cc1. The van der Waals surface area contributed by atoms with E-state index in [1.54, 1.807) is 6.07 Å². The van der Waals surface area contributed by atoms with Gasteiger partial charge in [0.05, 0.1) is 26.7 Å².